The molecule has 12 nitrogen and oxygen atoms in total. The van der Waals surface area contributed by atoms with E-state index >= 15 is 0 Å². The van der Waals surface area contributed by atoms with Gasteiger partial charge < -0.3 is 30.7 Å². The molecule has 4 N–H and O–H groups in total. The molecule has 4 heterocycles. The van der Waals surface area contributed by atoms with Crippen molar-refractivity contribution in [1.29, 1.82) is 0 Å². The van der Waals surface area contributed by atoms with Crippen LogP contribution in [0.5, 0.6) is 0 Å². The summed E-state index contributed by atoms with van der Waals surface area (Å²) in [6.45, 7) is 7.48. The van der Waals surface area contributed by atoms with Crippen LogP contribution in [0.2, 0.25) is 0 Å². The number of ether oxygens (including phenoxy) is 1. The molecule has 4 rings (SSSR count). The number of aliphatic carboxylic acids is 1. The number of amides is 1. The molecule has 1 saturated heterocycles. The number of aryl methyl sites for hydroxylation is 2. The molecule has 1 amide bonds. The summed E-state index contributed by atoms with van der Waals surface area (Å²) < 4.78 is 4.89. The molecule has 0 aliphatic carbocycles. The number of Topliss-reactive ketones (excluding diaryl/α,β-unsaturated/α-hetero) is 1. The third-order valence-corrected chi connectivity index (χ3v) is 7.11. The highest BCUT2D eigenvalue weighted by Crippen LogP contribution is 2.33. The SMILES string of the molecule is CC(=O)CCOC(=O)NC(CNc1nc(C)nc(N2CCC(c3ccc4c(n3)NCCC4)CC2)c1C)C(=O)O. The number of fused-ring (bicyclic) bond motifs is 1. The maximum atomic E-state index is 12.0. The Morgan fingerprint density at radius 1 is 1.18 bits per heavy atom. The number of aromatic nitrogens is 3. The third kappa shape index (κ3) is 7.33. The van der Waals surface area contributed by atoms with Gasteiger partial charge in [0.25, 0.3) is 0 Å². The van der Waals surface area contributed by atoms with Crippen molar-refractivity contribution in [3.8, 4) is 0 Å². The highest BCUT2D eigenvalue weighted by Gasteiger charge is 2.26. The maximum Gasteiger partial charge on any atom is 0.407 e. The lowest BCUT2D eigenvalue weighted by Crippen LogP contribution is -2.45. The summed E-state index contributed by atoms with van der Waals surface area (Å²) in [5, 5.41) is 18.4. The number of nitrogens with zero attached hydrogens (tertiary/aromatic N) is 4. The number of carbonyl (C=O) groups is 3. The van der Waals surface area contributed by atoms with Crippen molar-refractivity contribution < 1.29 is 24.2 Å². The normalized spacial score (nSPS) is 16.0. The number of nitrogens with one attached hydrogen (secondary N) is 3. The fourth-order valence-electron chi connectivity index (χ4n) is 4.92. The second-order valence-corrected chi connectivity index (χ2v) is 10.1. The molecule has 0 spiro atoms. The number of carboxylic acid groups (broad SMARTS) is 1. The van der Waals surface area contributed by atoms with Crippen molar-refractivity contribution in [3.05, 3.63) is 34.8 Å². The lowest BCUT2D eigenvalue weighted by Gasteiger charge is -2.34. The van der Waals surface area contributed by atoms with Crippen molar-refractivity contribution in [3.63, 3.8) is 0 Å². The first kappa shape index (κ1) is 28.1. The Bertz CT molecular complexity index is 1210. The van der Waals surface area contributed by atoms with Gasteiger partial charge in [-0.15, -0.1) is 0 Å². The Balaban J connectivity index is 1.37. The molecule has 0 radical (unpaired) electrons. The monoisotopic (exact) mass is 539 g/mol. The van der Waals surface area contributed by atoms with Gasteiger partial charge in [-0.2, -0.15) is 0 Å². The number of hydrogen-bond acceptors (Lipinski definition) is 10. The predicted octanol–water partition coefficient (Wildman–Crippen LogP) is 2.80. The summed E-state index contributed by atoms with van der Waals surface area (Å²) in [4.78, 5) is 51.0. The van der Waals surface area contributed by atoms with Crippen LogP contribution in [0.4, 0.5) is 22.2 Å². The fourth-order valence-corrected chi connectivity index (χ4v) is 4.92. The van der Waals surface area contributed by atoms with E-state index in [9.17, 15) is 19.5 Å². The second-order valence-electron chi connectivity index (χ2n) is 10.1. The Morgan fingerprint density at radius 2 is 1.95 bits per heavy atom. The average molecular weight is 540 g/mol. The predicted molar refractivity (Wildman–Crippen MR) is 146 cm³/mol. The van der Waals surface area contributed by atoms with Crippen LogP contribution in [-0.4, -0.2) is 76.7 Å². The van der Waals surface area contributed by atoms with Crippen LogP contribution >= 0.6 is 0 Å². The molecule has 2 aromatic heterocycles. The minimum atomic E-state index is -1.25. The molecule has 1 atom stereocenters. The van der Waals surface area contributed by atoms with Gasteiger partial charge in [-0.05, 0) is 58.1 Å². The van der Waals surface area contributed by atoms with E-state index in [1.54, 1.807) is 6.92 Å². The van der Waals surface area contributed by atoms with Crippen molar-refractivity contribution in [1.82, 2.24) is 20.3 Å². The molecule has 210 valence electrons. The molecule has 2 aliphatic heterocycles. The van der Waals surface area contributed by atoms with Crippen molar-refractivity contribution >= 4 is 35.3 Å². The molecule has 12 heteroatoms. The van der Waals surface area contributed by atoms with Crippen LogP contribution in [0.25, 0.3) is 0 Å². The van der Waals surface area contributed by atoms with Crippen LogP contribution in [0.15, 0.2) is 12.1 Å². The molecular weight excluding hydrogens is 502 g/mol. The fraction of sp³-hybridized carbons (Fsp3) is 0.556. The second kappa shape index (κ2) is 12.7. The number of piperidine rings is 1. The number of alkyl carbamates (subject to hydrolysis) is 1. The first-order valence-electron chi connectivity index (χ1n) is 13.4. The van der Waals surface area contributed by atoms with Crippen LogP contribution in [0.1, 0.15) is 61.2 Å². The average Bonchev–Trinajstić information content (AvgIpc) is 2.92. The molecular formula is C27H37N7O5. The zero-order chi connectivity index (χ0) is 27.9. The Hall–Kier alpha value is -3.96. The zero-order valence-electron chi connectivity index (χ0n) is 22.7. The summed E-state index contributed by atoms with van der Waals surface area (Å²) >= 11 is 0. The number of ketones is 1. The molecule has 0 saturated carbocycles. The quantitative estimate of drug-likeness (QED) is 0.352. The number of carbonyl (C=O) groups excluding carboxylic acids is 2. The van der Waals surface area contributed by atoms with E-state index in [-0.39, 0.29) is 25.4 Å². The van der Waals surface area contributed by atoms with Crippen LogP contribution in [-0.2, 0) is 20.7 Å². The van der Waals surface area contributed by atoms with E-state index in [2.05, 4.69) is 43.0 Å². The highest BCUT2D eigenvalue weighted by atomic mass is 16.5. The van der Waals surface area contributed by atoms with Gasteiger partial charge in [-0.1, -0.05) is 6.07 Å². The van der Waals surface area contributed by atoms with E-state index in [1.807, 2.05) is 6.92 Å². The van der Waals surface area contributed by atoms with E-state index < -0.39 is 18.1 Å². The standard InChI is InChI=1S/C27H37N7O5/c1-16(35)10-14-39-27(38)33-22(26(36)37)15-29-23-17(2)25(31-18(3)30-23)34-12-8-19(9-13-34)21-7-6-20-5-4-11-28-24(20)32-21/h6-7,19,22H,4-5,8-15H2,1-3H3,(H,28,32)(H,33,38)(H,36,37)(H,29,30,31). The minimum absolute atomic E-state index is 0.0733. The molecule has 0 aromatic carbocycles. The van der Waals surface area contributed by atoms with Crippen molar-refractivity contribution in [2.24, 2.45) is 0 Å². The summed E-state index contributed by atoms with van der Waals surface area (Å²) in [6.07, 6.45) is 3.30. The van der Waals surface area contributed by atoms with E-state index in [0.717, 1.165) is 68.2 Å². The Kier molecular flexibility index (Phi) is 9.15. The van der Waals surface area contributed by atoms with Crippen molar-refractivity contribution in [2.75, 3.05) is 48.3 Å². The van der Waals surface area contributed by atoms with E-state index in [1.165, 1.54) is 12.5 Å². The number of anilines is 3. The summed E-state index contributed by atoms with van der Waals surface area (Å²) in [7, 11) is 0. The largest absolute Gasteiger partial charge is 0.480 e. The van der Waals surface area contributed by atoms with Gasteiger partial charge >= 0.3 is 12.1 Å². The van der Waals surface area contributed by atoms with Gasteiger partial charge in [-0.3, -0.25) is 4.79 Å². The van der Waals surface area contributed by atoms with Crippen LogP contribution in [0, 0.1) is 13.8 Å². The lowest BCUT2D eigenvalue weighted by atomic mass is 9.92. The molecule has 0 bridgehead atoms. The molecule has 39 heavy (non-hydrogen) atoms. The van der Waals surface area contributed by atoms with E-state index in [0.29, 0.717) is 17.6 Å². The van der Waals surface area contributed by atoms with Crippen LogP contribution < -0.4 is 20.9 Å². The molecule has 2 aromatic rings. The highest BCUT2D eigenvalue weighted by molar-refractivity contribution is 5.81. The zero-order valence-corrected chi connectivity index (χ0v) is 22.7. The van der Waals surface area contributed by atoms with Crippen LogP contribution in [0.3, 0.4) is 0 Å². The molecule has 2 aliphatic rings. The number of carboxylic acids is 1. The minimum Gasteiger partial charge on any atom is -0.480 e. The lowest BCUT2D eigenvalue weighted by molar-refractivity contribution is -0.139. The smallest absolute Gasteiger partial charge is 0.407 e. The number of rotatable bonds is 10. The summed E-state index contributed by atoms with van der Waals surface area (Å²) in [5.74, 6) is 1.95. The Labute approximate surface area is 228 Å². The first-order chi connectivity index (χ1) is 18.7. The van der Waals surface area contributed by atoms with Gasteiger partial charge in [0, 0.05) is 49.8 Å². The van der Waals surface area contributed by atoms with E-state index in [4.69, 9.17) is 9.72 Å². The van der Waals surface area contributed by atoms with Gasteiger partial charge in [0.2, 0.25) is 0 Å². The van der Waals surface area contributed by atoms with Gasteiger partial charge in [0.15, 0.2) is 0 Å². The first-order valence-corrected chi connectivity index (χ1v) is 13.4. The van der Waals surface area contributed by atoms with Gasteiger partial charge in [0.1, 0.15) is 41.7 Å². The maximum absolute atomic E-state index is 12.0. The number of pyridine rings is 1. The molecule has 1 unspecified atom stereocenters. The number of hydrogen-bond donors (Lipinski definition) is 4. The third-order valence-electron chi connectivity index (χ3n) is 7.11. The van der Waals surface area contributed by atoms with Gasteiger partial charge in [-0.25, -0.2) is 24.5 Å². The Morgan fingerprint density at radius 3 is 2.67 bits per heavy atom. The molecule has 1 fully saturated rings. The summed E-state index contributed by atoms with van der Waals surface area (Å²) in [6, 6.07) is 3.12. The van der Waals surface area contributed by atoms with Crippen molar-refractivity contribution in [2.45, 2.75) is 64.8 Å². The topological polar surface area (TPSA) is 159 Å². The van der Waals surface area contributed by atoms with Gasteiger partial charge in [0.05, 0.1) is 0 Å². The summed E-state index contributed by atoms with van der Waals surface area (Å²) in [5.41, 5.74) is 3.23.